The zero-order chi connectivity index (χ0) is 17.8. The highest BCUT2D eigenvalue weighted by Gasteiger charge is 2.20. The third-order valence-corrected chi connectivity index (χ3v) is 4.64. The number of hydrogen-bond acceptors (Lipinski definition) is 5. The minimum absolute atomic E-state index is 0.0192. The highest BCUT2D eigenvalue weighted by molar-refractivity contribution is 6.02. The summed E-state index contributed by atoms with van der Waals surface area (Å²) >= 11 is 0. The third-order valence-electron chi connectivity index (χ3n) is 4.64. The second kappa shape index (κ2) is 7.49. The molecule has 4 rings (SSSR count). The van der Waals surface area contributed by atoms with Gasteiger partial charge >= 0.3 is 0 Å². The maximum Gasteiger partial charge on any atom is 0.238 e. The largest absolute Gasteiger partial charge is 0.338 e. The predicted octanol–water partition coefficient (Wildman–Crippen LogP) is 2.39. The number of carbonyl (C=O) groups is 1. The van der Waals surface area contributed by atoms with Crippen LogP contribution in [0.15, 0.2) is 60.9 Å². The fourth-order valence-electron chi connectivity index (χ4n) is 3.29. The van der Waals surface area contributed by atoms with Crippen LogP contribution < -0.4 is 10.2 Å². The van der Waals surface area contributed by atoms with Crippen LogP contribution in [0.1, 0.15) is 0 Å². The van der Waals surface area contributed by atoms with Crippen molar-refractivity contribution in [2.75, 3.05) is 42.9 Å². The van der Waals surface area contributed by atoms with E-state index in [1.165, 1.54) is 0 Å². The molecule has 0 aliphatic carbocycles. The minimum Gasteiger partial charge on any atom is -0.338 e. The van der Waals surface area contributed by atoms with Gasteiger partial charge in [-0.3, -0.25) is 9.69 Å². The molecule has 1 aromatic heterocycles. The molecule has 132 valence electrons. The Morgan fingerprint density at radius 2 is 1.65 bits per heavy atom. The summed E-state index contributed by atoms with van der Waals surface area (Å²) in [4.78, 5) is 25.4. The summed E-state index contributed by atoms with van der Waals surface area (Å²) in [5.41, 5.74) is 0.865. The normalized spacial score (nSPS) is 15.2. The summed E-state index contributed by atoms with van der Waals surface area (Å²) in [6.45, 7) is 3.69. The number of anilines is 2. The Balaban J connectivity index is 1.34. The quantitative estimate of drug-likeness (QED) is 0.785. The number of nitrogens with one attached hydrogen (secondary N) is 1. The number of amides is 1. The number of aromatic nitrogens is 2. The molecule has 6 heteroatoms. The number of piperazine rings is 1. The molecule has 1 N–H and O–H groups in total. The molecule has 26 heavy (non-hydrogen) atoms. The summed E-state index contributed by atoms with van der Waals surface area (Å²) in [7, 11) is 0. The van der Waals surface area contributed by atoms with E-state index in [4.69, 9.17) is 0 Å². The van der Waals surface area contributed by atoms with Gasteiger partial charge < -0.3 is 10.2 Å². The van der Waals surface area contributed by atoms with Crippen molar-refractivity contribution in [2.24, 2.45) is 0 Å². The van der Waals surface area contributed by atoms with Gasteiger partial charge in [-0.05, 0) is 17.5 Å². The van der Waals surface area contributed by atoms with Crippen LogP contribution >= 0.6 is 0 Å². The summed E-state index contributed by atoms with van der Waals surface area (Å²) in [6.07, 6.45) is 3.51. The van der Waals surface area contributed by atoms with Crippen LogP contribution in [-0.2, 0) is 4.79 Å². The molecule has 0 spiro atoms. The Bertz CT molecular complexity index is 886. The highest BCUT2D eigenvalue weighted by Crippen LogP contribution is 2.22. The van der Waals surface area contributed by atoms with Crippen LogP contribution in [-0.4, -0.2) is 53.5 Å². The molecule has 3 aromatic rings. The Kier molecular flexibility index (Phi) is 4.75. The lowest BCUT2D eigenvalue weighted by Crippen LogP contribution is -2.49. The van der Waals surface area contributed by atoms with E-state index in [2.05, 4.69) is 37.2 Å². The Morgan fingerprint density at radius 1 is 0.923 bits per heavy atom. The van der Waals surface area contributed by atoms with E-state index in [0.717, 1.165) is 48.6 Å². The zero-order valence-electron chi connectivity index (χ0n) is 14.5. The van der Waals surface area contributed by atoms with Crippen LogP contribution in [0.25, 0.3) is 10.8 Å². The maximum atomic E-state index is 12.5. The number of fused-ring (bicyclic) bond motifs is 1. The van der Waals surface area contributed by atoms with E-state index in [1.54, 1.807) is 12.4 Å². The molecular formula is C20H21N5O. The molecule has 0 atom stereocenters. The number of benzene rings is 2. The van der Waals surface area contributed by atoms with Crippen molar-refractivity contribution in [1.29, 1.82) is 0 Å². The SMILES string of the molecule is O=C(CN1CCN(c2ncccn2)CC1)Nc1cccc2ccccc12. The van der Waals surface area contributed by atoms with Gasteiger partial charge in [-0.25, -0.2) is 9.97 Å². The number of rotatable bonds is 4. The lowest BCUT2D eigenvalue weighted by molar-refractivity contribution is -0.117. The van der Waals surface area contributed by atoms with Crippen molar-refractivity contribution in [2.45, 2.75) is 0 Å². The smallest absolute Gasteiger partial charge is 0.238 e. The fourth-order valence-corrected chi connectivity index (χ4v) is 3.29. The average Bonchev–Trinajstić information content (AvgIpc) is 2.69. The predicted molar refractivity (Wildman–Crippen MR) is 103 cm³/mol. The van der Waals surface area contributed by atoms with E-state index < -0.39 is 0 Å². The monoisotopic (exact) mass is 347 g/mol. The van der Waals surface area contributed by atoms with Gasteiger partial charge in [0.25, 0.3) is 0 Å². The zero-order valence-corrected chi connectivity index (χ0v) is 14.5. The first kappa shape index (κ1) is 16.5. The Hall–Kier alpha value is -2.99. The molecule has 1 fully saturated rings. The molecule has 1 aliphatic rings. The minimum atomic E-state index is 0.0192. The molecular weight excluding hydrogens is 326 g/mol. The second-order valence-corrected chi connectivity index (χ2v) is 6.39. The Morgan fingerprint density at radius 3 is 2.46 bits per heavy atom. The van der Waals surface area contributed by atoms with E-state index >= 15 is 0 Å². The van der Waals surface area contributed by atoms with Gasteiger partial charge in [-0.2, -0.15) is 0 Å². The van der Waals surface area contributed by atoms with Crippen molar-refractivity contribution in [3.05, 3.63) is 60.9 Å². The first-order valence-electron chi connectivity index (χ1n) is 8.81. The third kappa shape index (κ3) is 3.65. The standard InChI is InChI=1S/C20H21N5O/c26-19(23-18-8-3-6-16-5-1-2-7-17(16)18)15-24-11-13-25(14-12-24)20-21-9-4-10-22-20/h1-10H,11-15H2,(H,23,26). The van der Waals surface area contributed by atoms with Gasteiger partial charge in [0.15, 0.2) is 0 Å². The molecule has 0 unspecified atom stereocenters. The number of nitrogens with zero attached hydrogens (tertiary/aromatic N) is 4. The average molecular weight is 347 g/mol. The van der Waals surface area contributed by atoms with Crippen LogP contribution in [0.5, 0.6) is 0 Å². The van der Waals surface area contributed by atoms with Crippen LogP contribution in [0.4, 0.5) is 11.6 Å². The second-order valence-electron chi connectivity index (χ2n) is 6.39. The van der Waals surface area contributed by atoms with Crippen molar-refractivity contribution in [3.63, 3.8) is 0 Å². The van der Waals surface area contributed by atoms with Gasteiger partial charge in [0, 0.05) is 49.6 Å². The van der Waals surface area contributed by atoms with Crippen molar-refractivity contribution < 1.29 is 4.79 Å². The van der Waals surface area contributed by atoms with Crippen molar-refractivity contribution in [3.8, 4) is 0 Å². The van der Waals surface area contributed by atoms with Crippen LogP contribution in [0, 0.1) is 0 Å². The van der Waals surface area contributed by atoms with E-state index in [1.807, 2.05) is 36.4 Å². The molecule has 1 saturated heterocycles. The fraction of sp³-hybridized carbons (Fsp3) is 0.250. The van der Waals surface area contributed by atoms with Gasteiger partial charge in [0.1, 0.15) is 0 Å². The van der Waals surface area contributed by atoms with Crippen LogP contribution in [0.3, 0.4) is 0 Å². The van der Waals surface area contributed by atoms with Gasteiger partial charge in [-0.15, -0.1) is 0 Å². The molecule has 0 bridgehead atoms. The topological polar surface area (TPSA) is 61.4 Å². The molecule has 1 aliphatic heterocycles. The van der Waals surface area contributed by atoms with Gasteiger partial charge in [0.2, 0.25) is 11.9 Å². The van der Waals surface area contributed by atoms with Gasteiger partial charge in [-0.1, -0.05) is 36.4 Å². The van der Waals surface area contributed by atoms with E-state index in [9.17, 15) is 4.79 Å². The summed E-state index contributed by atoms with van der Waals surface area (Å²) < 4.78 is 0. The highest BCUT2D eigenvalue weighted by atomic mass is 16.2. The molecule has 1 amide bonds. The van der Waals surface area contributed by atoms with Crippen molar-refractivity contribution >= 4 is 28.3 Å². The van der Waals surface area contributed by atoms with Gasteiger partial charge in [0.05, 0.1) is 6.54 Å². The number of hydrogen-bond donors (Lipinski definition) is 1. The maximum absolute atomic E-state index is 12.5. The Labute approximate surface area is 152 Å². The summed E-state index contributed by atoms with van der Waals surface area (Å²) in [5, 5.41) is 5.25. The lowest BCUT2D eigenvalue weighted by Gasteiger charge is -2.34. The lowest BCUT2D eigenvalue weighted by atomic mass is 10.1. The molecule has 6 nitrogen and oxygen atoms in total. The first-order chi connectivity index (χ1) is 12.8. The molecule has 0 saturated carbocycles. The van der Waals surface area contributed by atoms with Crippen molar-refractivity contribution in [1.82, 2.24) is 14.9 Å². The molecule has 2 heterocycles. The summed E-state index contributed by atoms with van der Waals surface area (Å²) in [6, 6.07) is 15.9. The van der Waals surface area contributed by atoms with E-state index in [0.29, 0.717) is 6.54 Å². The van der Waals surface area contributed by atoms with Crippen LogP contribution in [0.2, 0.25) is 0 Å². The number of carbonyl (C=O) groups excluding carboxylic acids is 1. The first-order valence-corrected chi connectivity index (χ1v) is 8.81. The molecule has 2 aromatic carbocycles. The molecule has 0 radical (unpaired) electrons. The van der Waals surface area contributed by atoms with E-state index in [-0.39, 0.29) is 5.91 Å². The summed E-state index contributed by atoms with van der Waals surface area (Å²) in [5.74, 6) is 0.776.